The first-order valence-corrected chi connectivity index (χ1v) is 4.90. The minimum atomic E-state index is 0.589. The molecule has 0 amide bonds. The van der Waals surface area contributed by atoms with Crippen molar-refractivity contribution in [1.82, 2.24) is 10.2 Å². The van der Waals surface area contributed by atoms with Crippen LogP contribution in [0.2, 0.25) is 0 Å². The number of hydrogen-bond acceptors (Lipinski definition) is 2. The molecular formula is C11H17N3. The van der Waals surface area contributed by atoms with Gasteiger partial charge in [0.1, 0.15) is 0 Å². The average Bonchev–Trinajstić information content (AvgIpc) is 2.58. The second-order valence-corrected chi connectivity index (χ2v) is 3.04. The van der Waals surface area contributed by atoms with E-state index >= 15 is 0 Å². The molecule has 2 rings (SSSR count). The van der Waals surface area contributed by atoms with Gasteiger partial charge in [0, 0.05) is 5.39 Å². The molecule has 0 aliphatic heterocycles. The highest BCUT2D eigenvalue weighted by Crippen LogP contribution is 2.23. The van der Waals surface area contributed by atoms with Crippen LogP contribution in [0, 0.1) is 13.8 Å². The standard InChI is InChI=1S/C9H11N3.C2H6/c1-5-3-4-7-8(6(5)2)9(10)12-11-7;1-2/h3-4H,1-2H3,(H3,10,11,12);1-2H3. The minimum absolute atomic E-state index is 0.589. The van der Waals surface area contributed by atoms with Gasteiger partial charge in [0.25, 0.3) is 0 Å². The first-order chi connectivity index (χ1) is 6.70. The van der Waals surface area contributed by atoms with Gasteiger partial charge in [0.05, 0.1) is 5.52 Å². The van der Waals surface area contributed by atoms with E-state index in [0.717, 1.165) is 10.9 Å². The van der Waals surface area contributed by atoms with Crippen molar-refractivity contribution in [3.8, 4) is 0 Å². The molecule has 0 spiro atoms. The summed E-state index contributed by atoms with van der Waals surface area (Å²) in [6, 6.07) is 4.07. The van der Waals surface area contributed by atoms with Crippen LogP contribution in [-0.4, -0.2) is 10.2 Å². The SMILES string of the molecule is CC.Cc1ccc2[nH]nc(N)c2c1C. The van der Waals surface area contributed by atoms with Crippen molar-refractivity contribution in [2.24, 2.45) is 0 Å². The van der Waals surface area contributed by atoms with E-state index in [4.69, 9.17) is 5.73 Å². The smallest absolute Gasteiger partial charge is 0.153 e. The molecule has 0 fully saturated rings. The average molecular weight is 191 g/mol. The largest absolute Gasteiger partial charge is 0.382 e. The molecule has 1 aromatic heterocycles. The van der Waals surface area contributed by atoms with E-state index in [1.54, 1.807) is 0 Å². The van der Waals surface area contributed by atoms with Crippen LogP contribution in [0.5, 0.6) is 0 Å². The molecule has 14 heavy (non-hydrogen) atoms. The quantitative estimate of drug-likeness (QED) is 0.672. The topological polar surface area (TPSA) is 54.7 Å². The summed E-state index contributed by atoms with van der Waals surface area (Å²) < 4.78 is 0. The summed E-state index contributed by atoms with van der Waals surface area (Å²) in [6.45, 7) is 8.13. The van der Waals surface area contributed by atoms with Crippen molar-refractivity contribution < 1.29 is 0 Å². The van der Waals surface area contributed by atoms with Crippen LogP contribution in [0.4, 0.5) is 5.82 Å². The summed E-state index contributed by atoms with van der Waals surface area (Å²) in [6.07, 6.45) is 0. The Bertz CT molecular complexity index is 429. The van der Waals surface area contributed by atoms with E-state index in [9.17, 15) is 0 Å². The first kappa shape index (κ1) is 10.6. The van der Waals surface area contributed by atoms with Gasteiger partial charge in [-0.1, -0.05) is 19.9 Å². The van der Waals surface area contributed by atoms with Crippen LogP contribution in [-0.2, 0) is 0 Å². The lowest BCUT2D eigenvalue weighted by molar-refractivity contribution is 1.13. The number of rotatable bonds is 0. The van der Waals surface area contributed by atoms with Crippen molar-refractivity contribution in [3.63, 3.8) is 0 Å². The lowest BCUT2D eigenvalue weighted by atomic mass is 10.1. The van der Waals surface area contributed by atoms with Crippen molar-refractivity contribution in [1.29, 1.82) is 0 Å². The van der Waals surface area contributed by atoms with Gasteiger partial charge >= 0.3 is 0 Å². The Hall–Kier alpha value is -1.51. The number of hydrogen-bond donors (Lipinski definition) is 2. The van der Waals surface area contributed by atoms with Gasteiger partial charge in [-0.3, -0.25) is 5.10 Å². The maximum absolute atomic E-state index is 5.70. The van der Waals surface area contributed by atoms with Gasteiger partial charge in [0.2, 0.25) is 0 Å². The zero-order valence-electron chi connectivity index (χ0n) is 9.18. The number of fused-ring (bicyclic) bond motifs is 1. The predicted octanol–water partition coefficient (Wildman–Crippen LogP) is 2.79. The number of nitrogens with two attached hydrogens (primary N) is 1. The van der Waals surface area contributed by atoms with E-state index in [1.165, 1.54) is 11.1 Å². The van der Waals surface area contributed by atoms with Gasteiger partial charge in [-0.05, 0) is 31.0 Å². The molecule has 0 saturated carbocycles. The molecular weight excluding hydrogens is 174 g/mol. The molecule has 1 heterocycles. The van der Waals surface area contributed by atoms with E-state index in [1.807, 2.05) is 19.9 Å². The number of nitrogens with one attached hydrogen (secondary N) is 1. The number of aromatic nitrogens is 2. The summed E-state index contributed by atoms with van der Waals surface area (Å²) in [4.78, 5) is 0. The zero-order chi connectivity index (χ0) is 10.7. The highest BCUT2D eigenvalue weighted by Gasteiger charge is 2.05. The van der Waals surface area contributed by atoms with Crippen molar-refractivity contribution in [2.45, 2.75) is 27.7 Å². The van der Waals surface area contributed by atoms with Crippen LogP contribution in [0.25, 0.3) is 10.9 Å². The Kier molecular flexibility index (Phi) is 3.12. The monoisotopic (exact) mass is 191 g/mol. The zero-order valence-corrected chi connectivity index (χ0v) is 9.18. The molecule has 1 aromatic carbocycles. The Labute approximate surface area is 84.3 Å². The van der Waals surface area contributed by atoms with E-state index in [-0.39, 0.29) is 0 Å². The van der Waals surface area contributed by atoms with Crippen molar-refractivity contribution in [2.75, 3.05) is 5.73 Å². The summed E-state index contributed by atoms with van der Waals surface area (Å²) >= 11 is 0. The van der Waals surface area contributed by atoms with Crippen molar-refractivity contribution >= 4 is 16.7 Å². The first-order valence-electron chi connectivity index (χ1n) is 4.90. The van der Waals surface area contributed by atoms with Crippen LogP contribution in [0.3, 0.4) is 0 Å². The summed E-state index contributed by atoms with van der Waals surface area (Å²) in [5.74, 6) is 0.589. The summed E-state index contributed by atoms with van der Waals surface area (Å²) in [5.41, 5.74) is 9.17. The Balaban J connectivity index is 0.000000461. The van der Waals surface area contributed by atoms with E-state index in [2.05, 4.69) is 30.1 Å². The number of H-pyrrole nitrogens is 1. The van der Waals surface area contributed by atoms with E-state index < -0.39 is 0 Å². The van der Waals surface area contributed by atoms with Gasteiger partial charge in [-0.15, -0.1) is 0 Å². The lowest BCUT2D eigenvalue weighted by Crippen LogP contribution is -1.87. The second kappa shape index (κ2) is 4.13. The number of nitrogens with zero attached hydrogens (tertiary/aromatic N) is 1. The molecule has 3 nitrogen and oxygen atoms in total. The highest BCUT2D eigenvalue weighted by molar-refractivity contribution is 5.92. The fourth-order valence-corrected chi connectivity index (χ4v) is 1.42. The molecule has 0 unspecified atom stereocenters. The molecule has 3 N–H and O–H groups in total. The molecule has 3 heteroatoms. The fourth-order valence-electron chi connectivity index (χ4n) is 1.42. The maximum Gasteiger partial charge on any atom is 0.153 e. The number of benzene rings is 1. The molecule has 0 atom stereocenters. The molecule has 2 aromatic rings. The summed E-state index contributed by atoms with van der Waals surface area (Å²) in [7, 11) is 0. The highest BCUT2D eigenvalue weighted by atomic mass is 15.1. The summed E-state index contributed by atoms with van der Waals surface area (Å²) in [5, 5.41) is 7.88. The van der Waals surface area contributed by atoms with Crippen LogP contribution < -0.4 is 5.73 Å². The molecule has 0 aliphatic carbocycles. The maximum atomic E-state index is 5.70. The number of nitrogen functional groups attached to an aromatic ring is 1. The molecule has 76 valence electrons. The Morgan fingerprint density at radius 2 is 1.86 bits per heavy atom. The fraction of sp³-hybridized carbons (Fsp3) is 0.364. The Morgan fingerprint density at radius 3 is 2.50 bits per heavy atom. The lowest BCUT2D eigenvalue weighted by Gasteiger charge is -2.00. The number of aryl methyl sites for hydroxylation is 2. The van der Waals surface area contributed by atoms with E-state index in [0.29, 0.717) is 5.82 Å². The Morgan fingerprint density at radius 1 is 1.21 bits per heavy atom. The molecule has 0 radical (unpaired) electrons. The van der Waals surface area contributed by atoms with Gasteiger partial charge in [-0.2, -0.15) is 5.10 Å². The number of aromatic amines is 1. The van der Waals surface area contributed by atoms with Crippen LogP contribution in [0.15, 0.2) is 12.1 Å². The van der Waals surface area contributed by atoms with Gasteiger partial charge < -0.3 is 5.73 Å². The van der Waals surface area contributed by atoms with Gasteiger partial charge in [0.15, 0.2) is 5.82 Å². The normalized spacial score (nSPS) is 9.71. The predicted molar refractivity (Wildman–Crippen MR) is 61.3 cm³/mol. The van der Waals surface area contributed by atoms with Crippen LogP contribution >= 0.6 is 0 Å². The van der Waals surface area contributed by atoms with Crippen molar-refractivity contribution in [3.05, 3.63) is 23.3 Å². The number of anilines is 1. The third-order valence-corrected chi connectivity index (χ3v) is 2.29. The third-order valence-electron chi connectivity index (χ3n) is 2.29. The minimum Gasteiger partial charge on any atom is -0.382 e. The van der Waals surface area contributed by atoms with Crippen LogP contribution in [0.1, 0.15) is 25.0 Å². The molecule has 0 bridgehead atoms. The molecule has 0 saturated heterocycles. The molecule has 0 aliphatic rings. The van der Waals surface area contributed by atoms with Gasteiger partial charge in [-0.25, -0.2) is 0 Å². The second-order valence-electron chi connectivity index (χ2n) is 3.04. The third kappa shape index (κ3) is 1.58.